The molecule has 1 aliphatic rings. The molecule has 0 saturated carbocycles. The lowest BCUT2D eigenvalue weighted by atomic mass is 10.0. The lowest BCUT2D eigenvalue weighted by molar-refractivity contribution is 0.0696. The van der Waals surface area contributed by atoms with E-state index in [-0.39, 0.29) is 35.2 Å². The van der Waals surface area contributed by atoms with Crippen molar-refractivity contribution in [2.45, 2.75) is 32.0 Å². The SMILES string of the molecule is N#Cc1c(Cn2c(N3CCC[C@@H](N)C3)nc3c(C(=O)NCc4ccccc4)csc3c2=O)cccc1C(=O)O. The first kappa shape index (κ1) is 26.1. The van der Waals surface area contributed by atoms with Crippen LogP contribution < -0.4 is 21.5 Å². The number of fused-ring (bicyclic) bond motifs is 1. The van der Waals surface area contributed by atoms with Crippen LogP contribution in [0.25, 0.3) is 10.2 Å². The molecule has 198 valence electrons. The van der Waals surface area contributed by atoms with Gasteiger partial charge in [0, 0.05) is 31.1 Å². The van der Waals surface area contributed by atoms with Crippen molar-refractivity contribution in [1.29, 1.82) is 5.26 Å². The van der Waals surface area contributed by atoms with Gasteiger partial charge in [-0.05, 0) is 30.0 Å². The zero-order chi connectivity index (χ0) is 27.5. The van der Waals surface area contributed by atoms with Gasteiger partial charge in [-0.2, -0.15) is 5.26 Å². The Labute approximate surface area is 227 Å². The number of carboxylic acid groups (broad SMARTS) is 1. The highest BCUT2D eigenvalue weighted by molar-refractivity contribution is 7.17. The smallest absolute Gasteiger partial charge is 0.337 e. The summed E-state index contributed by atoms with van der Waals surface area (Å²) in [5.41, 5.74) is 7.68. The molecule has 3 heterocycles. The predicted molar refractivity (Wildman–Crippen MR) is 148 cm³/mol. The normalized spacial score (nSPS) is 15.2. The maximum atomic E-state index is 13.9. The standard InChI is InChI=1S/C28H26N6O4S/c29-12-21-18(8-4-10-20(21)27(37)38)14-34-26(36)24-23(32-28(34)33-11-5-9-19(30)15-33)22(16-39-24)25(35)31-13-17-6-2-1-3-7-17/h1-4,6-8,10,16,19H,5,9,11,13-15,30H2,(H,31,35)(H,37,38)/t19-/m1/s1. The number of hydrogen-bond donors (Lipinski definition) is 3. The summed E-state index contributed by atoms with van der Waals surface area (Å²) in [6, 6.07) is 15.9. The molecular weight excluding hydrogens is 516 g/mol. The Morgan fingerprint density at radius 1 is 1.18 bits per heavy atom. The van der Waals surface area contributed by atoms with Crippen LogP contribution in [0.4, 0.5) is 5.95 Å². The fourth-order valence-electron chi connectivity index (χ4n) is 4.81. The third-order valence-electron chi connectivity index (χ3n) is 6.76. The first-order valence-electron chi connectivity index (χ1n) is 12.5. The average Bonchev–Trinajstić information content (AvgIpc) is 3.38. The van der Waals surface area contributed by atoms with Crippen LogP contribution in [0.1, 0.15) is 50.2 Å². The second-order valence-corrected chi connectivity index (χ2v) is 10.3. The molecular formula is C28H26N6O4S. The van der Waals surface area contributed by atoms with Gasteiger partial charge < -0.3 is 21.1 Å². The number of anilines is 1. The molecule has 0 bridgehead atoms. The molecule has 0 spiro atoms. The van der Waals surface area contributed by atoms with Crippen LogP contribution in [-0.2, 0) is 13.1 Å². The highest BCUT2D eigenvalue weighted by Gasteiger charge is 2.26. The van der Waals surface area contributed by atoms with Gasteiger partial charge in [0.1, 0.15) is 16.3 Å². The molecule has 1 atom stereocenters. The molecule has 1 fully saturated rings. The molecule has 1 amide bonds. The average molecular weight is 543 g/mol. The van der Waals surface area contributed by atoms with Gasteiger partial charge in [0.2, 0.25) is 5.95 Å². The van der Waals surface area contributed by atoms with Gasteiger partial charge in [0.25, 0.3) is 11.5 Å². The third-order valence-corrected chi connectivity index (χ3v) is 7.72. The number of nitrogens with one attached hydrogen (secondary N) is 1. The van der Waals surface area contributed by atoms with Gasteiger partial charge in [-0.3, -0.25) is 14.2 Å². The number of benzene rings is 2. The summed E-state index contributed by atoms with van der Waals surface area (Å²) >= 11 is 1.13. The molecule has 0 radical (unpaired) electrons. The monoisotopic (exact) mass is 542 g/mol. The summed E-state index contributed by atoms with van der Waals surface area (Å²) in [6.07, 6.45) is 1.65. The topological polar surface area (TPSA) is 154 Å². The fraction of sp³-hybridized carbons (Fsp3) is 0.250. The van der Waals surface area contributed by atoms with Crippen LogP contribution in [0, 0.1) is 11.3 Å². The van der Waals surface area contributed by atoms with Crippen molar-refractivity contribution in [1.82, 2.24) is 14.9 Å². The van der Waals surface area contributed by atoms with Crippen molar-refractivity contribution in [3.05, 3.63) is 92.1 Å². The number of nitrogens with two attached hydrogens (primary N) is 1. The molecule has 10 nitrogen and oxygen atoms in total. The number of aromatic carboxylic acids is 1. The Bertz CT molecular complexity index is 1660. The molecule has 1 saturated heterocycles. The Kier molecular flexibility index (Phi) is 7.40. The van der Waals surface area contributed by atoms with Crippen molar-refractivity contribution < 1.29 is 14.7 Å². The highest BCUT2D eigenvalue weighted by atomic mass is 32.1. The highest BCUT2D eigenvalue weighted by Crippen LogP contribution is 2.27. The second kappa shape index (κ2) is 11.1. The molecule has 1 aliphatic heterocycles. The van der Waals surface area contributed by atoms with Crippen molar-refractivity contribution >= 4 is 39.4 Å². The number of nitrogens with zero attached hydrogens (tertiary/aromatic N) is 4. The minimum atomic E-state index is -1.22. The molecule has 0 unspecified atom stereocenters. The Morgan fingerprint density at radius 3 is 2.69 bits per heavy atom. The summed E-state index contributed by atoms with van der Waals surface area (Å²) in [5, 5.41) is 23.8. The lowest BCUT2D eigenvalue weighted by Crippen LogP contribution is -2.45. The van der Waals surface area contributed by atoms with Gasteiger partial charge >= 0.3 is 5.97 Å². The number of carbonyl (C=O) groups is 2. The molecule has 11 heteroatoms. The number of hydrogen-bond acceptors (Lipinski definition) is 8. The Morgan fingerprint density at radius 2 is 1.97 bits per heavy atom. The van der Waals surface area contributed by atoms with E-state index in [4.69, 9.17) is 10.7 Å². The van der Waals surface area contributed by atoms with Crippen LogP contribution in [0.15, 0.2) is 58.7 Å². The molecule has 0 aliphatic carbocycles. The van der Waals surface area contributed by atoms with Crippen LogP contribution in [-0.4, -0.2) is 45.7 Å². The predicted octanol–water partition coefficient (Wildman–Crippen LogP) is 2.93. The van der Waals surface area contributed by atoms with E-state index in [2.05, 4.69) is 5.32 Å². The van der Waals surface area contributed by atoms with E-state index in [0.717, 1.165) is 29.7 Å². The largest absolute Gasteiger partial charge is 0.478 e. The molecule has 5 rings (SSSR count). The van der Waals surface area contributed by atoms with Gasteiger partial charge in [-0.1, -0.05) is 42.5 Å². The lowest BCUT2D eigenvalue weighted by Gasteiger charge is -2.33. The third kappa shape index (κ3) is 5.25. The van der Waals surface area contributed by atoms with E-state index in [1.165, 1.54) is 10.6 Å². The molecule has 2 aromatic carbocycles. The summed E-state index contributed by atoms with van der Waals surface area (Å²) in [4.78, 5) is 45.4. The number of piperidine rings is 1. The molecule has 4 N–H and O–H groups in total. The minimum Gasteiger partial charge on any atom is -0.478 e. The number of rotatable bonds is 7. The van der Waals surface area contributed by atoms with Crippen molar-refractivity contribution in [3.63, 3.8) is 0 Å². The van der Waals surface area contributed by atoms with Crippen molar-refractivity contribution in [2.24, 2.45) is 5.73 Å². The summed E-state index contributed by atoms with van der Waals surface area (Å²) in [7, 11) is 0. The van der Waals surface area contributed by atoms with E-state index >= 15 is 0 Å². The van der Waals surface area contributed by atoms with Gasteiger partial charge in [-0.15, -0.1) is 11.3 Å². The molecule has 4 aromatic rings. The van der Waals surface area contributed by atoms with E-state index in [1.807, 2.05) is 41.3 Å². The Balaban J connectivity index is 1.59. The minimum absolute atomic E-state index is 0.00884. The summed E-state index contributed by atoms with van der Waals surface area (Å²) in [5.74, 6) is -1.22. The van der Waals surface area contributed by atoms with Crippen LogP contribution in [0.3, 0.4) is 0 Å². The fourth-order valence-corrected chi connectivity index (χ4v) is 5.74. The van der Waals surface area contributed by atoms with Crippen molar-refractivity contribution in [3.8, 4) is 6.07 Å². The number of carboxylic acids is 1. The number of nitriles is 1. The Hall–Kier alpha value is -4.53. The zero-order valence-electron chi connectivity index (χ0n) is 21.0. The summed E-state index contributed by atoms with van der Waals surface area (Å²) in [6.45, 7) is 1.36. The molecule has 39 heavy (non-hydrogen) atoms. The number of thiophene rings is 1. The summed E-state index contributed by atoms with van der Waals surface area (Å²) < 4.78 is 1.75. The number of aromatic nitrogens is 2. The zero-order valence-corrected chi connectivity index (χ0v) is 21.8. The van der Waals surface area contributed by atoms with E-state index in [0.29, 0.717) is 46.9 Å². The van der Waals surface area contributed by atoms with Gasteiger partial charge in [0.05, 0.1) is 23.2 Å². The van der Waals surface area contributed by atoms with Gasteiger partial charge in [-0.25, -0.2) is 9.78 Å². The van der Waals surface area contributed by atoms with E-state index in [1.54, 1.807) is 17.5 Å². The van der Waals surface area contributed by atoms with Crippen molar-refractivity contribution in [2.75, 3.05) is 18.0 Å². The van der Waals surface area contributed by atoms with Crippen LogP contribution in [0.2, 0.25) is 0 Å². The maximum Gasteiger partial charge on any atom is 0.337 e. The number of amides is 1. The van der Waals surface area contributed by atoms with Crippen LogP contribution in [0.5, 0.6) is 0 Å². The quantitative estimate of drug-likeness (QED) is 0.322. The first-order valence-corrected chi connectivity index (χ1v) is 13.3. The van der Waals surface area contributed by atoms with E-state index in [9.17, 15) is 24.8 Å². The molecule has 2 aromatic heterocycles. The van der Waals surface area contributed by atoms with E-state index < -0.39 is 5.97 Å². The second-order valence-electron chi connectivity index (χ2n) is 9.40. The first-order chi connectivity index (χ1) is 18.9. The van der Waals surface area contributed by atoms with Crippen LogP contribution >= 0.6 is 11.3 Å². The number of carbonyl (C=O) groups excluding carboxylic acids is 1. The van der Waals surface area contributed by atoms with Gasteiger partial charge in [0.15, 0.2) is 0 Å². The maximum absolute atomic E-state index is 13.9.